The van der Waals surface area contributed by atoms with E-state index in [1.807, 2.05) is 6.92 Å². The van der Waals surface area contributed by atoms with Crippen molar-refractivity contribution in [1.82, 2.24) is 0 Å². The molecule has 1 aromatic carbocycles. The third-order valence-corrected chi connectivity index (χ3v) is 6.09. The van der Waals surface area contributed by atoms with E-state index < -0.39 is 27.4 Å². The lowest BCUT2D eigenvalue weighted by molar-refractivity contribution is 0.0697. The normalized spacial score (nSPS) is 11.4. The number of hydrogen-bond donors (Lipinski definition) is 2. The van der Waals surface area contributed by atoms with E-state index in [1.165, 1.54) is 13.0 Å². The fourth-order valence-corrected chi connectivity index (χ4v) is 4.37. The summed E-state index contributed by atoms with van der Waals surface area (Å²) in [7, 11) is -3.91. The van der Waals surface area contributed by atoms with Gasteiger partial charge in [0.1, 0.15) is 10.0 Å². The number of sulfonamides is 1. The number of halogens is 1. The SMILES string of the molecule is CCc1ccc(S(=O)(=O)Nc2c(C)cc(F)cc2C(=O)O)s1. The number of hydrogen-bond acceptors (Lipinski definition) is 4. The highest BCUT2D eigenvalue weighted by molar-refractivity contribution is 7.94. The van der Waals surface area contributed by atoms with Gasteiger partial charge in [-0.25, -0.2) is 17.6 Å². The topological polar surface area (TPSA) is 83.5 Å². The summed E-state index contributed by atoms with van der Waals surface area (Å²) < 4.78 is 40.4. The Kier molecular flexibility index (Phi) is 4.52. The number of carbonyl (C=O) groups is 1. The molecular weight excluding hydrogens is 329 g/mol. The molecule has 2 aromatic rings. The van der Waals surface area contributed by atoms with Crippen LogP contribution in [0.4, 0.5) is 10.1 Å². The molecule has 0 spiro atoms. The maximum Gasteiger partial charge on any atom is 0.337 e. The summed E-state index contributed by atoms with van der Waals surface area (Å²) in [4.78, 5) is 12.1. The number of thiophene rings is 1. The van der Waals surface area contributed by atoms with Gasteiger partial charge in [-0.05, 0) is 43.2 Å². The highest BCUT2D eigenvalue weighted by Gasteiger charge is 2.22. The number of aromatic carboxylic acids is 1. The van der Waals surface area contributed by atoms with Crippen molar-refractivity contribution in [1.29, 1.82) is 0 Å². The van der Waals surface area contributed by atoms with E-state index in [9.17, 15) is 17.6 Å². The summed E-state index contributed by atoms with van der Waals surface area (Å²) in [5.74, 6) is -2.14. The summed E-state index contributed by atoms with van der Waals surface area (Å²) in [5.41, 5.74) is -0.345. The van der Waals surface area contributed by atoms with Gasteiger partial charge in [-0.3, -0.25) is 4.72 Å². The van der Waals surface area contributed by atoms with Gasteiger partial charge in [0.25, 0.3) is 10.0 Å². The molecule has 118 valence electrons. The van der Waals surface area contributed by atoms with Gasteiger partial charge in [0.15, 0.2) is 0 Å². The van der Waals surface area contributed by atoms with Gasteiger partial charge in [-0.15, -0.1) is 11.3 Å². The number of rotatable bonds is 5. The van der Waals surface area contributed by atoms with Crippen LogP contribution in [-0.2, 0) is 16.4 Å². The van der Waals surface area contributed by atoms with Crippen molar-refractivity contribution in [3.05, 3.63) is 46.1 Å². The lowest BCUT2D eigenvalue weighted by atomic mass is 10.1. The Labute approximate surface area is 131 Å². The van der Waals surface area contributed by atoms with Crippen LogP contribution in [0.3, 0.4) is 0 Å². The van der Waals surface area contributed by atoms with Gasteiger partial charge in [0.05, 0.1) is 11.3 Å². The van der Waals surface area contributed by atoms with Crippen LogP contribution >= 0.6 is 11.3 Å². The molecule has 1 aromatic heterocycles. The van der Waals surface area contributed by atoms with Crippen molar-refractivity contribution >= 4 is 33.0 Å². The van der Waals surface area contributed by atoms with E-state index in [1.54, 1.807) is 6.07 Å². The Bertz CT molecular complexity index is 827. The van der Waals surface area contributed by atoms with Gasteiger partial charge < -0.3 is 5.11 Å². The molecule has 0 aliphatic heterocycles. The van der Waals surface area contributed by atoms with Crippen molar-refractivity contribution in [2.24, 2.45) is 0 Å². The quantitative estimate of drug-likeness (QED) is 0.873. The van der Waals surface area contributed by atoms with Crippen LogP contribution in [0.15, 0.2) is 28.5 Å². The molecule has 0 amide bonds. The van der Waals surface area contributed by atoms with Gasteiger partial charge >= 0.3 is 5.97 Å². The molecule has 0 bridgehead atoms. The van der Waals surface area contributed by atoms with Crippen LogP contribution in [0, 0.1) is 12.7 Å². The predicted molar refractivity (Wildman–Crippen MR) is 82.6 cm³/mol. The average Bonchev–Trinajstić information content (AvgIpc) is 2.91. The average molecular weight is 343 g/mol. The second kappa shape index (κ2) is 6.05. The minimum absolute atomic E-state index is 0.0874. The molecular formula is C14H14FNO4S2. The summed E-state index contributed by atoms with van der Waals surface area (Å²) in [6, 6.07) is 5.04. The van der Waals surface area contributed by atoms with Gasteiger partial charge in [-0.1, -0.05) is 6.92 Å². The number of carboxylic acids is 1. The van der Waals surface area contributed by atoms with Crippen LogP contribution in [0.1, 0.15) is 27.7 Å². The molecule has 0 radical (unpaired) electrons. The van der Waals surface area contributed by atoms with E-state index >= 15 is 0 Å². The first kappa shape index (κ1) is 16.4. The number of nitrogens with one attached hydrogen (secondary N) is 1. The molecule has 0 fully saturated rings. The number of benzene rings is 1. The lowest BCUT2D eigenvalue weighted by Crippen LogP contribution is -2.16. The predicted octanol–water partition coefficient (Wildman–Crippen LogP) is 3.26. The molecule has 5 nitrogen and oxygen atoms in total. The molecule has 0 aliphatic carbocycles. The van der Waals surface area contributed by atoms with Crippen molar-refractivity contribution in [2.75, 3.05) is 4.72 Å². The zero-order valence-electron chi connectivity index (χ0n) is 11.9. The fraction of sp³-hybridized carbons (Fsp3) is 0.214. The Balaban J connectivity index is 2.48. The third kappa shape index (κ3) is 3.28. The summed E-state index contributed by atoms with van der Waals surface area (Å²) in [5, 5.41) is 9.13. The first-order valence-corrected chi connectivity index (χ1v) is 8.69. The maximum atomic E-state index is 13.3. The Hall–Kier alpha value is -1.93. The fourth-order valence-electron chi connectivity index (χ4n) is 1.92. The van der Waals surface area contributed by atoms with E-state index in [0.717, 1.165) is 28.3 Å². The minimum Gasteiger partial charge on any atom is -0.478 e. The van der Waals surface area contributed by atoms with Gasteiger partial charge in [-0.2, -0.15) is 0 Å². The molecule has 22 heavy (non-hydrogen) atoms. The highest BCUT2D eigenvalue weighted by Crippen LogP contribution is 2.28. The summed E-state index contributed by atoms with van der Waals surface area (Å²) in [6.45, 7) is 3.35. The molecule has 0 atom stereocenters. The van der Waals surface area contributed by atoms with Gasteiger partial charge in [0.2, 0.25) is 0 Å². The molecule has 0 aliphatic rings. The largest absolute Gasteiger partial charge is 0.478 e. The molecule has 1 heterocycles. The second-order valence-corrected chi connectivity index (χ2v) is 7.71. The van der Waals surface area contributed by atoms with Crippen LogP contribution < -0.4 is 4.72 Å². The molecule has 0 unspecified atom stereocenters. The third-order valence-electron chi connectivity index (χ3n) is 3.02. The molecule has 2 rings (SSSR count). The Morgan fingerprint density at radius 1 is 1.36 bits per heavy atom. The van der Waals surface area contributed by atoms with Crippen LogP contribution in [0.5, 0.6) is 0 Å². The monoisotopic (exact) mass is 343 g/mol. The second-order valence-electron chi connectivity index (χ2n) is 4.63. The summed E-state index contributed by atoms with van der Waals surface area (Å²) >= 11 is 1.11. The molecule has 0 saturated carbocycles. The maximum absolute atomic E-state index is 13.3. The van der Waals surface area contributed by atoms with Gasteiger partial charge in [0, 0.05) is 4.88 Å². The first-order chi connectivity index (χ1) is 10.2. The van der Waals surface area contributed by atoms with Crippen molar-refractivity contribution in [2.45, 2.75) is 24.5 Å². The van der Waals surface area contributed by atoms with Crippen molar-refractivity contribution in [3.8, 4) is 0 Å². The van der Waals surface area contributed by atoms with E-state index in [4.69, 9.17) is 5.11 Å². The first-order valence-electron chi connectivity index (χ1n) is 6.39. The smallest absolute Gasteiger partial charge is 0.337 e. The Morgan fingerprint density at radius 3 is 2.59 bits per heavy atom. The van der Waals surface area contributed by atoms with Crippen molar-refractivity contribution in [3.63, 3.8) is 0 Å². The molecule has 0 saturated heterocycles. The number of anilines is 1. The Morgan fingerprint density at radius 2 is 2.05 bits per heavy atom. The van der Waals surface area contributed by atoms with Crippen LogP contribution in [-0.4, -0.2) is 19.5 Å². The summed E-state index contributed by atoms with van der Waals surface area (Å²) in [6.07, 6.45) is 0.705. The zero-order valence-corrected chi connectivity index (χ0v) is 13.5. The molecule has 8 heteroatoms. The number of carboxylic acid groups (broad SMARTS) is 1. The van der Waals surface area contributed by atoms with E-state index in [0.29, 0.717) is 6.42 Å². The highest BCUT2D eigenvalue weighted by atomic mass is 32.2. The van der Waals surface area contributed by atoms with Crippen LogP contribution in [0.25, 0.3) is 0 Å². The minimum atomic E-state index is -3.91. The van der Waals surface area contributed by atoms with E-state index in [-0.39, 0.29) is 15.5 Å². The standard InChI is InChI=1S/C14H14FNO4S2/c1-3-10-4-5-12(21-10)22(19,20)16-13-8(2)6-9(15)7-11(13)14(17)18/h4-7,16H,3H2,1-2H3,(H,17,18). The molecule has 2 N–H and O–H groups in total. The lowest BCUT2D eigenvalue weighted by Gasteiger charge is -2.12. The van der Waals surface area contributed by atoms with Crippen LogP contribution in [0.2, 0.25) is 0 Å². The zero-order chi connectivity index (χ0) is 16.5. The van der Waals surface area contributed by atoms with Crippen molar-refractivity contribution < 1.29 is 22.7 Å². The number of aryl methyl sites for hydroxylation is 2. The van der Waals surface area contributed by atoms with E-state index in [2.05, 4.69) is 4.72 Å².